The van der Waals surface area contributed by atoms with Crippen molar-refractivity contribution in [2.45, 2.75) is 19.9 Å². The van der Waals surface area contributed by atoms with E-state index in [1.807, 2.05) is 42.5 Å². The number of nitrogens with one attached hydrogen (secondary N) is 2. The number of fused-ring (bicyclic) bond motifs is 1. The lowest BCUT2D eigenvalue weighted by molar-refractivity contribution is -0.122. The molecule has 1 heterocycles. The Hall–Kier alpha value is -3.19. The van der Waals surface area contributed by atoms with E-state index >= 15 is 0 Å². The molecule has 0 aliphatic heterocycles. The first-order valence-electron chi connectivity index (χ1n) is 8.66. The van der Waals surface area contributed by atoms with Crippen LogP contribution in [-0.2, 0) is 9.59 Å². The molecule has 2 N–H and O–H groups in total. The van der Waals surface area contributed by atoms with Crippen LogP contribution in [0.1, 0.15) is 12.7 Å². The number of carbonyl (C=O) groups is 2. The number of benzene rings is 2. The Bertz CT molecular complexity index is 961. The second-order valence-electron chi connectivity index (χ2n) is 6.48. The fourth-order valence-corrected chi connectivity index (χ4v) is 2.74. The van der Waals surface area contributed by atoms with Crippen LogP contribution in [0.25, 0.3) is 10.8 Å². The van der Waals surface area contributed by atoms with Gasteiger partial charge < -0.3 is 15.2 Å². The van der Waals surface area contributed by atoms with Crippen molar-refractivity contribution in [3.63, 3.8) is 0 Å². The third-order valence-electron chi connectivity index (χ3n) is 4.38. The fraction of sp³-hybridized carbons (Fsp3) is 0.250. The maximum atomic E-state index is 12.6. The highest BCUT2D eigenvalue weighted by atomic mass is 16.5. The molecule has 27 heavy (non-hydrogen) atoms. The molecule has 3 aromatic rings. The molecule has 3 rings (SSSR count). The number of anilines is 2. The number of carbonyl (C=O) groups excluding carboxylic acids is 2. The topological polar surface area (TPSA) is 87.5 Å². The Labute approximate surface area is 157 Å². The SMILES string of the molecule is Cc1cc(NC(=O)CN(C)[C@H](C)C(=O)Nc2cccc3ccccc23)no1. The van der Waals surface area contributed by atoms with Gasteiger partial charge in [0.25, 0.3) is 0 Å². The first-order chi connectivity index (χ1) is 12.9. The molecule has 1 atom stereocenters. The van der Waals surface area contributed by atoms with Gasteiger partial charge in [-0.1, -0.05) is 41.6 Å². The van der Waals surface area contributed by atoms with E-state index in [2.05, 4.69) is 15.8 Å². The van der Waals surface area contributed by atoms with Crippen molar-refractivity contribution in [2.75, 3.05) is 24.2 Å². The predicted molar refractivity (Wildman–Crippen MR) is 105 cm³/mol. The van der Waals surface area contributed by atoms with E-state index in [4.69, 9.17) is 4.52 Å². The Kier molecular flexibility index (Phi) is 5.52. The van der Waals surface area contributed by atoms with Crippen molar-refractivity contribution in [1.82, 2.24) is 10.1 Å². The van der Waals surface area contributed by atoms with Gasteiger partial charge in [-0.2, -0.15) is 0 Å². The number of rotatable bonds is 6. The van der Waals surface area contributed by atoms with Gasteiger partial charge in [0.05, 0.1) is 12.6 Å². The van der Waals surface area contributed by atoms with E-state index in [-0.39, 0.29) is 18.4 Å². The van der Waals surface area contributed by atoms with Crippen LogP contribution in [0.5, 0.6) is 0 Å². The summed E-state index contributed by atoms with van der Waals surface area (Å²) in [5.41, 5.74) is 0.751. The van der Waals surface area contributed by atoms with Crippen LogP contribution in [-0.4, -0.2) is 41.5 Å². The lowest BCUT2D eigenvalue weighted by Gasteiger charge is -2.23. The van der Waals surface area contributed by atoms with E-state index in [0.29, 0.717) is 11.6 Å². The quantitative estimate of drug-likeness (QED) is 0.700. The largest absolute Gasteiger partial charge is 0.360 e. The molecule has 7 heteroatoms. The monoisotopic (exact) mass is 366 g/mol. The van der Waals surface area contributed by atoms with Crippen LogP contribution >= 0.6 is 0 Å². The first kappa shape index (κ1) is 18.6. The van der Waals surface area contributed by atoms with Gasteiger partial charge in [-0.15, -0.1) is 0 Å². The number of aryl methyl sites for hydroxylation is 1. The summed E-state index contributed by atoms with van der Waals surface area (Å²) in [5.74, 6) is 0.523. The van der Waals surface area contributed by atoms with Crippen molar-refractivity contribution in [2.24, 2.45) is 0 Å². The number of hydrogen-bond acceptors (Lipinski definition) is 5. The molecule has 0 saturated carbocycles. The van der Waals surface area contributed by atoms with E-state index in [0.717, 1.165) is 16.5 Å². The van der Waals surface area contributed by atoms with E-state index in [1.54, 1.807) is 31.9 Å². The maximum absolute atomic E-state index is 12.6. The highest BCUT2D eigenvalue weighted by Crippen LogP contribution is 2.23. The van der Waals surface area contributed by atoms with Crippen molar-refractivity contribution >= 4 is 34.1 Å². The molecule has 140 valence electrons. The molecular weight excluding hydrogens is 344 g/mol. The molecule has 1 aromatic heterocycles. The van der Waals surface area contributed by atoms with Crippen LogP contribution in [0, 0.1) is 6.92 Å². The van der Waals surface area contributed by atoms with Crippen LogP contribution < -0.4 is 10.6 Å². The van der Waals surface area contributed by atoms with Gasteiger partial charge in [0.1, 0.15) is 5.76 Å². The minimum atomic E-state index is -0.492. The van der Waals surface area contributed by atoms with Gasteiger partial charge in [0, 0.05) is 17.1 Å². The van der Waals surface area contributed by atoms with Gasteiger partial charge >= 0.3 is 0 Å². The molecule has 0 radical (unpaired) electrons. The highest BCUT2D eigenvalue weighted by Gasteiger charge is 2.21. The van der Waals surface area contributed by atoms with E-state index in [9.17, 15) is 9.59 Å². The third kappa shape index (κ3) is 4.51. The summed E-state index contributed by atoms with van der Waals surface area (Å²) in [6.07, 6.45) is 0. The Balaban J connectivity index is 1.61. The van der Waals surface area contributed by atoms with Gasteiger partial charge in [-0.3, -0.25) is 14.5 Å². The molecule has 0 bridgehead atoms. The highest BCUT2D eigenvalue weighted by molar-refractivity contribution is 6.03. The summed E-state index contributed by atoms with van der Waals surface area (Å²) in [6, 6.07) is 14.8. The third-order valence-corrected chi connectivity index (χ3v) is 4.38. The normalized spacial score (nSPS) is 12.1. The number of hydrogen-bond donors (Lipinski definition) is 2. The summed E-state index contributed by atoms with van der Waals surface area (Å²) in [7, 11) is 1.72. The van der Waals surface area contributed by atoms with Crippen LogP contribution in [0.3, 0.4) is 0 Å². The number of amides is 2. The number of aromatic nitrogens is 1. The molecule has 0 fully saturated rings. The first-order valence-corrected chi connectivity index (χ1v) is 8.66. The van der Waals surface area contributed by atoms with E-state index < -0.39 is 6.04 Å². The zero-order valence-electron chi connectivity index (χ0n) is 15.5. The molecular formula is C20H22N4O3. The lowest BCUT2D eigenvalue weighted by atomic mass is 10.1. The summed E-state index contributed by atoms with van der Waals surface area (Å²) in [4.78, 5) is 26.4. The van der Waals surface area contributed by atoms with Gasteiger partial charge in [-0.05, 0) is 32.3 Å². The minimum Gasteiger partial charge on any atom is -0.360 e. The molecule has 2 amide bonds. The van der Waals surface area contributed by atoms with Gasteiger partial charge in [0.15, 0.2) is 5.82 Å². The summed E-state index contributed by atoms with van der Waals surface area (Å²) < 4.78 is 4.92. The summed E-state index contributed by atoms with van der Waals surface area (Å²) in [5, 5.41) is 11.3. The van der Waals surface area contributed by atoms with Crippen molar-refractivity contribution in [3.05, 3.63) is 54.3 Å². The Morgan fingerprint density at radius 2 is 1.89 bits per heavy atom. The lowest BCUT2D eigenvalue weighted by Crippen LogP contribution is -2.43. The number of likely N-dealkylation sites (N-methyl/N-ethyl adjacent to an activating group) is 1. The fourth-order valence-electron chi connectivity index (χ4n) is 2.74. The van der Waals surface area contributed by atoms with Crippen LogP contribution in [0.2, 0.25) is 0 Å². The van der Waals surface area contributed by atoms with E-state index in [1.165, 1.54) is 0 Å². The van der Waals surface area contributed by atoms with Crippen molar-refractivity contribution in [3.8, 4) is 0 Å². The maximum Gasteiger partial charge on any atom is 0.241 e. The molecule has 0 aliphatic rings. The molecule has 7 nitrogen and oxygen atoms in total. The predicted octanol–water partition coefficient (Wildman–Crippen LogP) is 3.03. The minimum absolute atomic E-state index is 0.0516. The number of nitrogens with zero attached hydrogens (tertiary/aromatic N) is 2. The Morgan fingerprint density at radius 1 is 1.15 bits per heavy atom. The zero-order valence-corrected chi connectivity index (χ0v) is 15.5. The van der Waals surface area contributed by atoms with Gasteiger partial charge in [0.2, 0.25) is 11.8 Å². The van der Waals surface area contributed by atoms with Crippen molar-refractivity contribution < 1.29 is 14.1 Å². The molecule has 0 spiro atoms. The van der Waals surface area contributed by atoms with Crippen LogP contribution in [0.15, 0.2) is 53.1 Å². The molecule has 0 unspecified atom stereocenters. The standard InChI is InChI=1S/C20H22N4O3/c1-13-11-18(23-27-13)22-19(25)12-24(3)14(2)20(26)21-17-10-6-8-15-7-4-5-9-16(15)17/h4-11,14H,12H2,1-3H3,(H,21,26)(H,22,23,25)/t14-/m1/s1. The Morgan fingerprint density at radius 3 is 2.63 bits per heavy atom. The smallest absolute Gasteiger partial charge is 0.241 e. The molecule has 2 aromatic carbocycles. The average molecular weight is 366 g/mol. The second kappa shape index (κ2) is 8.01. The summed E-state index contributed by atoms with van der Waals surface area (Å²) in [6.45, 7) is 3.55. The second-order valence-corrected chi connectivity index (χ2v) is 6.48. The molecule has 0 saturated heterocycles. The zero-order chi connectivity index (χ0) is 19.4. The van der Waals surface area contributed by atoms with Crippen LogP contribution in [0.4, 0.5) is 11.5 Å². The van der Waals surface area contributed by atoms with Crippen molar-refractivity contribution in [1.29, 1.82) is 0 Å². The summed E-state index contributed by atoms with van der Waals surface area (Å²) >= 11 is 0. The average Bonchev–Trinajstić information content (AvgIpc) is 3.05. The molecule has 0 aliphatic carbocycles. The van der Waals surface area contributed by atoms with Gasteiger partial charge in [-0.25, -0.2) is 0 Å².